The first-order valence-electron chi connectivity index (χ1n) is 12.1. The number of benzene rings is 3. The molecule has 0 aromatic heterocycles. The second-order valence-electron chi connectivity index (χ2n) is 9.77. The zero-order valence-electron chi connectivity index (χ0n) is 19.5. The highest BCUT2D eigenvalue weighted by Gasteiger charge is 2.42. The van der Waals surface area contributed by atoms with Crippen molar-refractivity contribution in [3.63, 3.8) is 0 Å². The summed E-state index contributed by atoms with van der Waals surface area (Å²) in [5, 5.41) is 13.6. The first-order chi connectivity index (χ1) is 16.0. The molecular weight excluding hydrogens is 410 g/mol. The Morgan fingerprint density at radius 3 is 2.55 bits per heavy atom. The van der Waals surface area contributed by atoms with Gasteiger partial charge in [-0.05, 0) is 73.2 Å². The van der Waals surface area contributed by atoms with Crippen LogP contribution in [0.5, 0.6) is 17.2 Å². The van der Waals surface area contributed by atoms with Crippen molar-refractivity contribution in [3.05, 3.63) is 89.0 Å². The van der Waals surface area contributed by atoms with E-state index in [2.05, 4.69) is 61.6 Å². The molecule has 2 aliphatic rings. The van der Waals surface area contributed by atoms with E-state index in [9.17, 15) is 5.11 Å². The van der Waals surface area contributed by atoms with Gasteiger partial charge in [0.25, 0.3) is 0 Å². The van der Waals surface area contributed by atoms with Crippen LogP contribution in [0.25, 0.3) is 0 Å². The van der Waals surface area contributed by atoms with Crippen LogP contribution >= 0.6 is 0 Å². The number of hydrogen-bond acceptors (Lipinski definition) is 4. The summed E-state index contributed by atoms with van der Waals surface area (Å²) in [5.41, 5.74) is 4.62. The fourth-order valence-electron chi connectivity index (χ4n) is 5.13. The molecule has 2 N–H and O–H groups in total. The van der Waals surface area contributed by atoms with Crippen LogP contribution in [0.3, 0.4) is 0 Å². The molecule has 3 aromatic carbocycles. The molecule has 1 fully saturated rings. The fourth-order valence-corrected chi connectivity index (χ4v) is 5.13. The third-order valence-electron chi connectivity index (χ3n) is 7.10. The zero-order chi connectivity index (χ0) is 22.8. The van der Waals surface area contributed by atoms with E-state index in [0.29, 0.717) is 18.3 Å². The Labute approximate surface area is 196 Å². The molecule has 2 heterocycles. The van der Waals surface area contributed by atoms with E-state index in [-0.39, 0.29) is 11.5 Å². The molecule has 4 nitrogen and oxygen atoms in total. The number of ether oxygens (including phenoxy) is 2. The van der Waals surface area contributed by atoms with Crippen molar-refractivity contribution in [3.8, 4) is 17.2 Å². The van der Waals surface area contributed by atoms with Gasteiger partial charge < -0.3 is 19.9 Å². The summed E-state index contributed by atoms with van der Waals surface area (Å²) in [6, 6.07) is 22.5. The second kappa shape index (κ2) is 9.11. The number of hydrogen-bond donors (Lipinski definition) is 2. The van der Waals surface area contributed by atoms with E-state index < -0.39 is 0 Å². The molecule has 1 saturated heterocycles. The quantitative estimate of drug-likeness (QED) is 0.498. The number of piperidine rings is 1. The maximum atomic E-state index is 10.1. The highest BCUT2D eigenvalue weighted by molar-refractivity contribution is 5.49. The van der Waals surface area contributed by atoms with Gasteiger partial charge >= 0.3 is 0 Å². The first kappa shape index (κ1) is 21.8. The Morgan fingerprint density at radius 1 is 1.03 bits per heavy atom. The standard InChI is InChI=1S/C29H33NO3/c1-20(2)22-8-6-21(7-9-22)19-32-25-10-11-26-27(23-4-3-5-24(31)16-23)18-29(33-28(26)17-25)12-14-30-15-13-29/h3-11,16-17,20,27,30-31H,12-15,18-19H2,1-2H3. The molecule has 1 spiro atoms. The van der Waals surface area contributed by atoms with Crippen LogP contribution in [0.2, 0.25) is 0 Å². The molecule has 0 bridgehead atoms. The molecule has 1 atom stereocenters. The van der Waals surface area contributed by atoms with E-state index in [0.717, 1.165) is 55.0 Å². The average molecular weight is 444 g/mol. The lowest BCUT2D eigenvalue weighted by Gasteiger charge is -2.45. The fraction of sp³-hybridized carbons (Fsp3) is 0.379. The zero-order valence-corrected chi connectivity index (χ0v) is 19.5. The van der Waals surface area contributed by atoms with Gasteiger partial charge in [-0.25, -0.2) is 0 Å². The van der Waals surface area contributed by atoms with Gasteiger partial charge in [-0.3, -0.25) is 0 Å². The number of phenols is 1. The van der Waals surface area contributed by atoms with Gasteiger partial charge in [-0.15, -0.1) is 0 Å². The molecule has 5 rings (SSSR count). The maximum absolute atomic E-state index is 10.1. The molecule has 1 unspecified atom stereocenters. The normalized spacial score (nSPS) is 19.2. The van der Waals surface area contributed by atoms with Crippen LogP contribution in [-0.4, -0.2) is 23.8 Å². The molecule has 33 heavy (non-hydrogen) atoms. The Balaban J connectivity index is 1.41. The van der Waals surface area contributed by atoms with Crippen molar-refractivity contribution in [1.29, 1.82) is 0 Å². The van der Waals surface area contributed by atoms with Crippen molar-refractivity contribution in [2.24, 2.45) is 0 Å². The van der Waals surface area contributed by atoms with E-state index >= 15 is 0 Å². The minimum atomic E-state index is -0.181. The van der Waals surface area contributed by atoms with Crippen LogP contribution in [0.4, 0.5) is 0 Å². The first-order valence-corrected chi connectivity index (χ1v) is 12.1. The number of fused-ring (bicyclic) bond motifs is 1. The highest BCUT2D eigenvalue weighted by Crippen LogP contribution is 2.48. The van der Waals surface area contributed by atoms with Gasteiger partial charge in [0.05, 0.1) is 0 Å². The average Bonchev–Trinajstić information content (AvgIpc) is 2.83. The van der Waals surface area contributed by atoms with E-state index in [1.54, 1.807) is 6.07 Å². The van der Waals surface area contributed by atoms with E-state index in [4.69, 9.17) is 9.47 Å². The van der Waals surface area contributed by atoms with Crippen LogP contribution in [0.15, 0.2) is 66.7 Å². The Morgan fingerprint density at radius 2 is 1.82 bits per heavy atom. The number of phenolic OH excluding ortho intramolecular Hbond substituents is 1. The molecule has 3 aromatic rings. The summed E-state index contributed by atoms with van der Waals surface area (Å²) >= 11 is 0. The van der Waals surface area contributed by atoms with Gasteiger partial charge in [-0.2, -0.15) is 0 Å². The lowest BCUT2D eigenvalue weighted by molar-refractivity contribution is 0.0111. The Bertz CT molecular complexity index is 1100. The monoisotopic (exact) mass is 443 g/mol. The highest BCUT2D eigenvalue weighted by atomic mass is 16.5. The molecule has 4 heteroatoms. The van der Waals surface area contributed by atoms with Gasteiger partial charge in [-0.1, -0.05) is 56.3 Å². The molecule has 0 radical (unpaired) electrons. The van der Waals surface area contributed by atoms with Gasteiger partial charge in [0, 0.05) is 17.5 Å². The molecule has 2 aliphatic heterocycles. The van der Waals surface area contributed by atoms with Crippen LogP contribution in [-0.2, 0) is 6.61 Å². The third-order valence-corrected chi connectivity index (χ3v) is 7.10. The molecule has 0 saturated carbocycles. The predicted octanol–water partition coefficient (Wildman–Crippen LogP) is 6.13. The van der Waals surface area contributed by atoms with E-state index in [1.807, 2.05) is 18.2 Å². The maximum Gasteiger partial charge on any atom is 0.127 e. The summed E-state index contributed by atoms with van der Waals surface area (Å²) in [5.74, 6) is 2.76. The minimum Gasteiger partial charge on any atom is -0.508 e. The molecule has 172 valence electrons. The van der Waals surface area contributed by atoms with Gasteiger partial charge in [0.15, 0.2) is 0 Å². The summed E-state index contributed by atoms with van der Waals surface area (Å²) in [4.78, 5) is 0. The predicted molar refractivity (Wildman–Crippen MR) is 131 cm³/mol. The second-order valence-corrected chi connectivity index (χ2v) is 9.77. The molecule has 0 aliphatic carbocycles. The number of rotatable bonds is 5. The van der Waals surface area contributed by atoms with E-state index in [1.165, 1.54) is 11.1 Å². The summed E-state index contributed by atoms with van der Waals surface area (Å²) in [7, 11) is 0. The Kier molecular flexibility index (Phi) is 6.03. The van der Waals surface area contributed by atoms with Crippen molar-refractivity contribution < 1.29 is 14.6 Å². The van der Waals surface area contributed by atoms with Crippen molar-refractivity contribution in [2.75, 3.05) is 13.1 Å². The number of aromatic hydroxyl groups is 1. The minimum absolute atomic E-state index is 0.181. The Hall–Kier alpha value is -2.98. The summed E-state index contributed by atoms with van der Waals surface area (Å²) in [6.07, 6.45) is 2.89. The van der Waals surface area contributed by atoms with Gasteiger partial charge in [0.2, 0.25) is 0 Å². The third kappa shape index (κ3) is 4.72. The SMILES string of the molecule is CC(C)c1ccc(COc2ccc3c(c2)OC2(CCNCC2)CC3c2cccc(O)c2)cc1. The van der Waals surface area contributed by atoms with Crippen LogP contribution in [0.1, 0.15) is 67.2 Å². The van der Waals surface area contributed by atoms with Gasteiger partial charge in [0.1, 0.15) is 29.5 Å². The summed E-state index contributed by atoms with van der Waals surface area (Å²) in [6.45, 7) is 6.87. The molecular formula is C29H33NO3. The lowest BCUT2D eigenvalue weighted by atomic mass is 9.75. The lowest BCUT2D eigenvalue weighted by Crippen LogP contribution is -2.49. The summed E-state index contributed by atoms with van der Waals surface area (Å²) < 4.78 is 12.9. The van der Waals surface area contributed by atoms with Crippen molar-refractivity contribution in [1.82, 2.24) is 5.32 Å². The van der Waals surface area contributed by atoms with Crippen molar-refractivity contribution in [2.45, 2.75) is 57.2 Å². The van der Waals surface area contributed by atoms with Crippen LogP contribution < -0.4 is 14.8 Å². The number of nitrogens with one attached hydrogen (secondary N) is 1. The van der Waals surface area contributed by atoms with Crippen molar-refractivity contribution >= 4 is 0 Å². The topological polar surface area (TPSA) is 50.7 Å². The largest absolute Gasteiger partial charge is 0.508 e. The van der Waals surface area contributed by atoms with Crippen LogP contribution in [0, 0.1) is 0 Å². The molecule has 0 amide bonds. The smallest absolute Gasteiger partial charge is 0.127 e.